The molecule has 0 atom stereocenters. The molecule has 5 nitrogen and oxygen atoms in total. The molecule has 0 saturated carbocycles. The highest BCUT2D eigenvalue weighted by Crippen LogP contribution is 2.27. The fraction of sp³-hybridized carbons (Fsp3) is 0.120. The van der Waals surface area contributed by atoms with Crippen LogP contribution in [-0.4, -0.2) is 23.8 Å². The zero-order valence-corrected chi connectivity index (χ0v) is 18.1. The van der Waals surface area contributed by atoms with Crippen molar-refractivity contribution < 1.29 is 9.53 Å². The number of nitrogens with one attached hydrogen (secondary N) is 1. The van der Waals surface area contributed by atoms with E-state index in [1.54, 1.807) is 37.6 Å². The summed E-state index contributed by atoms with van der Waals surface area (Å²) in [6.45, 7) is 2.69. The Kier molecular flexibility index (Phi) is 6.05. The number of rotatable bonds is 6. The van der Waals surface area contributed by atoms with Crippen LogP contribution in [0.1, 0.15) is 27.2 Å². The number of nitrogens with zero attached hydrogens (tertiary/aromatic N) is 2. The van der Waals surface area contributed by atoms with Gasteiger partial charge in [-0.05, 0) is 42.8 Å². The summed E-state index contributed by atoms with van der Waals surface area (Å²) in [5.41, 5.74) is 7.21. The number of methoxy groups -OCH3 is 1. The van der Waals surface area contributed by atoms with Crippen LogP contribution >= 0.6 is 11.6 Å². The van der Waals surface area contributed by atoms with E-state index in [1.807, 2.05) is 43.3 Å². The summed E-state index contributed by atoms with van der Waals surface area (Å²) < 4.78 is 7.38. The third-order valence-electron chi connectivity index (χ3n) is 5.26. The first-order chi connectivity index (χ1) is 15.1. The lowest BCUT2D eigenvalue weighted by molar-refractivity contribution is 0.0955. The van der Waals surface area contributed by atoms with Gasteiger partial charge in [0.05, 0.1) is 13.3 Å². The van der Waals surface area contributed by atoms with Crippen LogP contribution in [0, 0.1) is 6.92 Å². The molecule has 0 unspecified atom stereocenters. The minimum absolute atomic E-state index is 0.299. The average Bonchev–Trinajstić information content (AvgIpc) is 3.06. The number of halogens is 1. The number of hydrogen-bond donors (Lipinski definition) is 1. The molecule has 4 aromatic rings. The van der Waals surface area contributed by atoms with Crippen LogP contribution in [0.25, 0.3) is 10.9 Å². The number of fused-ring (bicyclic) bond motifs is 1. The number of hydrogen-bond acceptors (Lipinski definition) is 3. The number of para-hydroxylation sites is 1. The van der Waals surface area contributed by atoms with Gasteiger partial charge in [0.2, 0.25) is 0 Å². The molecule has 0 bridgehead atoms. The van der Waals surface area contributed by atoms with Crippen LogP contribution in [0.4, 0.5) is 0 Å². The van der Waals surface area contributed by atoms with E-state index in [0.29, 0.717) is 17.9 Å². The van der Waals surface area contributed by atoms with E-state index in [0.717, 1.165) is 32.7 Å². The third-order valence-corrected chi connectivity index (χ3v) is 5.63. The second-order valence-corrected chi connectivity index (χ2v) is 7.53. The second-order valence-electron chi connectivity index (χ2n) is 7.12. The Labute approximate surface area is 185 Å². The van der Waals surface area contributed by atoms with Gasteiger partial charge in [-0.25, -0.2) is 5.43 Å². The zero-order chi connectivity index (χ0) is 21.8. The van der Waals surface area contributed by atoms with Gasteiger partial charge >= 0.3 is 0 Å². The summed E-state index contributed by atoms with van der Waals surface area (Å²) in [7, 11) is 1.57. The smallest absolute Gasteiger partial charge is 0.271 e. The van der Waals surface area contributed by atoms with Gasteiger partial charge < -0.3 is 9.30 Å². The lowest BCUT2D eigenvalue weighted by atomic mass is 10.1. The molecule has 3 aromatic carbocycles. The maximum absolute atomic E-state index is 12.4. The highest BCUT2D eigenvalue weighted by Gasteiger charge is 2.14. The van der Waals surface area contributed by atoms with Crippen molar-refractivity contribution in [3.63, 3.8) is 0 Å². The van der Waals surface area contributed by atoms with Crippen LogP contribution in [0.2, 0.25) is 5.02 Å². The molecule has 0 aliphatic rings. The Balaban J connectivity index is 1.62. The molecular formula is C25H22ClN3O2. The zero-order valence-electron chi connectivity index (χ0n) is 17.3. The van der Waals surface area contributed by atoms with Gasteiger partial charge in [-0.3, -0.25) is 4.79 Å². The van der Waals surface area contributed by atoms with Crippen LogP contribution in [0.15, 0.2) is 77.9 Å². The quantitative estimate of drug-likeness (QED) is 0.327. The van der Waals surface area contributed by atoms with E-state index >= 15 is 0 Å². The maximum Gasteiger partial charge on any atom is 0.271 e. The number of carbonyl (C=O) groups excluding carboxylic acids is 1. The first-order valence-corrected chi connectivity index (χ1v) is 10.2. The maximum atomic E-state index is 12.4. The molecule has 1 amide bonds. The van der Waals surface area contributed by atoms with Gasteiger partial charge in [0.15, 0.2) is 0 Å². The van der Waals surface area contributed by atoms with Gasteiger partial charge in [0, 0.05) is 39.3 Å². The molecule has 0 aliphatic carbocycles. The van der Waals surface area contributed by atoms with Crippen molar-refractivity contribution in [1.82, 2.24) is 9.99 Å². The fourth-order valence-corrected chi connectivity index (χ4v) is 3.80. The van der Waals surface area contributed by atoms with Crippen molar-refractivity contribution in [2.45, 2.75) is 13.5 Å². The molecule has 1 heterocycles. The molecule has 0 saturated heterocycles. The minimum Gasteiger partial charge on any atom is -0.497 e. The van der Waals surface area contributed by atoms with Crippen molar-refractivity contribution in [3.8, 4) is 5.75 Å². The Morgan fingerprint density at radius 3 is 2.68 bits per heavy atom. The molecule has 0 spiro atoms. The highest BCUT2D eigenvalue weighted by molar-refractivity contribution is 6.31. The molecule has 6 heteroatoms. The summed E-state index contributed by atoms with van der Waals surface area (Å²) >= 11 is 6.39. The number of hydrazone groups is 1. The van der Waals surface area contributed by atoms with Gasteiger partial charge in [-0.2, -0.15) is 5.10 Å². The van der Waals surface area contributed by atoms with E-state index in [2.05, 4.69) is 27.2 Å². The summed E-state index contributed by atoms with van der Waals surface area (Å²) in [5.74, 6) is 0.322. The predicted molar refractivity (Wildman–Crippen MR) is 125 cm³/mol. The minimum atomic E-state index is -0.299. The van der Waals surface area contributed by atoms with Crippen LogP contribution in [0.5, 0.6) is 5.75 Å². The summed E-state index contributed by atoms with van der Waals surface area (Å²) in [6, 6.07) is 22.9. The molecular weight excluding hydrogens is 410 g/mol. The SMILES string of the molecule is COc1cccc(C(=O)N/N=C\c2c(C)n(Cc3ccccc3Cl)c3ccccc23)c1. The first kappa shape index (κ1) is 20.7. The Morgan fingerprint density at radius 1 is 1.10 bits per heavy atom. The third kappa shape index (κ3) is 4.32. The number of aromatic nitrogens is 1. The molecule has 1 N–H and O–H groups in total. The van der Waals surface area contributed by atoms with E-state index in [-0.39, 0.29) is 5.91 Å². The topological polar surface area (TPSA) is 55.6 Å². The summed E-state index contributed by atoms with van der Waals surface area (Å²) in [4.78, 5) is 12.4. The molecule has 0 radical (unpaired) electrons. The van der Waals surface area contributed by atoms with Crippen LogP contribution in [0.3, 0.4) is 0 Å². The summed E-state index contributed by atoms with van der Waals surface area (Å²) in [5, 5.41) is 6.02. The standard InChI is InChI=1S/C25H22ClN3O2/c1-17-22(15-27-28-25(30)18-9-7-10-20(14-18)31-2)21-11-4-6-13-24(21)29(17)16-19-8-3-5-12-23(19)26/h3-15H,16H2,1-2H3,(H,28,30)/b27-15-. The molecule has 156 valence electrons. The highest BCUT2D eigenvalue weighted by atomic mass is 35.5. The van der Waals surface area contributed by atoms with Gasteiger partial charge in [-0.1, -0.05) is 54.1 Å². The Bertz CT molecular complexity index is 1280. The largest absolute Gasteiger partial charge is 0.497 e. The fourth-order valence-electron chi connectivity index (χ4n) is 3.61. The number of carbonyl (C=O) groups is 1. The molecule has 0 aliphatic heterocycles. The van der Waals surface area contributed by atoms with Gasteiger partial charge in [-0.15, -0.1) is 0 Å². The first-order valence-electron chi connectivity index (χ1n) is 9.87. The van der Waals surface area contributed by atoms with Crippen molar-refractivity contribution in [2.75, 3.05) is 7.11 Å². The van der Waals surface area contributed by atoms with Crippen molar-refractivity contribution in [2.24, 2.45) is 5.10 Å². The van der Waals surface area contributed by atoms with Gasteiger partial charge in [0.25, 0.3) is 5.91 Å². The molecule has 4 rings (SSSR count). The van der Waals surface area contributed by atoms with E-state index < -0.39 is 0 Å². The lowest BCUT2D eigenvalue weighted by Gasteiger charge is -2.10. The molecule has 0 fully saturated rings. The van der Waals surface area contributed by atoms with Gasteiger partial charge in [0.1, 0.15) is 5.75 Å². The van der Waals surface area contributed by atoms with E-state index in [1.165, 1.54) is 0 Å². The number of benzene rings is 3. The monoisotopic (exact) mass is 431 g/mol. The lowest BCUT2D eigenvalue weighted by Crippen LogP contribution is -2.17. The Hall–Kier alpha value is -3.57. The van der Waals surface area contributed by atoms with Crippen LogP contribution in [-0.2, 0) is 6.54 Å². The van der Waals surface area contributed by atoms with Crippen molar-refractivity contribution >= 4 is 34.6 Å². The molecule has 1 aromatic heterocycles. The Morgan fingerprint density at radius 2 is 1.87 bits per heavy atom. The second kappa shape index (κ2) is 9.06. The molecule has 31 heavy (non-hydrogen) atoms. The average molecular weight is 432 g/mol. The normalized spacial score (nSPS) is 11.2. The number of ether oxygens (including phenoxy) is 1. The van der Waals surface area contributed by atoms with E-state index in [9.17, 15) is 4.79 Å². The summed E-state index contributed by atoms with van der Waals surface area (Å²) in [6.07, 6.45) is 1.69. The van der Waals surface area contributed by atoms with Crippen molar-refractivity contribution in [1.29, 1.82) is 0 Å². The predicted octanol–water partition coefficient (Wildman–Crippen LogP) is 5.42. The van der Waals surface area contributed by atoms with E-state index in [4.69, 9.17) is 16.3 Å². The van der Waals surface area contributed by atoms with Crippen LogP contribution < -0.4 is 10.2 Å². The van der Waals surface area contributed by atoms with Crippen molar-refractivity contribution in [3.05, 3.63) is 100 Å². The number of amides is 1.